The number of carbonyl (C=O) groups is 1. The molecule has 4 heterocycles. The second-order valence-electron chi connectivity index (χ2n) is 9.89. The minimum atomic E-state index is -3.80. The summed E-state index contributed by atoms with van der Waals surface area (Å²) >= 11 is 0. The van der Waals surface area contributed by atoms with Crippen LogP contribution < -0.4 is 10.5 Å². The molecule has 5 aromatic rings. The van der Waals surface area contributed by atoms with E-state index >= 15 is 0 Å². The number of fused-ring (bicyclic) bond motifs is 2. The minimum Gasteiger partial charge on any atom is -0.383 e. The van der Waals surface area contributed by atoms with E-state index in [4.69, 9.17) is 10.8 Å². The summed E-state index contributed by atoms with van der Waals surface area (Å²) in [6.45, 7) is 4.88. The summed E-state index contributed by atoms with van der Waals surface area (Å²) in [5.41, 5.74) is 9.50. The van der Waals surface area contributed by atoms with Crippen molar-refractivity contribution in [3.8, 4) is 11.3 Å². The van der Waals surface area contributed by atoms with Crippen LogP contribution in [0.4, 0.5) is 5.82 Å². The van der Waals surface area contributed by atoms with Crippen molar-refractivity contribution in [2.24, 2.45) is 0 Å². The van der Waals surface area contributed by atoms with E-state index in [1.54, 1.807) is 29.3 Å². The monoisotopic (exact) mass is 568 g/mol. The molecule has 6 rings (SSSR count). The maximum atomic E-state index is 13.1. The number of sulfonamides is 1. The number of carbonyl (C=O) groups excluding carboxylic acids is 1. The van der Waals surface area contributed by atoms with Crippen LogP contribution in [0, 0.1) is 0 Å². The summed E-state index contributed by atoms with van der Waals surface area (Å²) in [5, 5.41) is 6.29. The van der Waals surface area contributed by atoms with Gasteiger partial charge in [-0.25, -0.2) is 27.8 Å². The Labute approximate surface area is 236 Å². The third-order valence-corrected chi connectivity index (χ3v) is 8.76. The summed E-state index contributed by atoms with van der Waals surface area (Å²) in [7, 11) is -3.80. The fraction of sp³-hybridized carbons (Fsp3) is 0.207. The number of nitrogens with two attached hydrogens (primary N) is 1. The van der Waals surface area contributed by atoms with Gasteiger partial charge in [-0.2, -0.15) is 5.10 Å². The van der Waals surface area contributed by atoms with Gasteiger partial charge in [-0.15, -0.1) is 0 Å². The lowest BCUT2D eigenvalue weighted by molar-refractivity contribution is -0.127. The van der Waals surface area contributed by atoms with E-state index in [2.05, 4.69) is 26.3 Å². The molecule has 0 bridgehead atoms. The van der Waals surface area contributed by atoms with Crippen molar-refractivity contribution in [2.45, 2.75) is 30.3 Å². The van der Waals surface area contributed by atoms with Gasteiger partial charge in [0, 0.05) is 36.8 Å². The molecular formula is C29H28N8O3S. The summed E-state index contributed by atoms with van der Waals surface area (Å²) in [4.78, 5) is 27.1. The van der Waals surface area contributed by atoms with E-state index in [0.29, 0.717) is 41.2 Å². The Kier molecular flexibility index (Phi) is 6.93. The van der Waals surface area contributed by atoms with Crippen LogP contribution in [0.3, 0.4) is 0 Å². The number of likely N-dealkylation sites (tertiary alicyclic amines) is 1. The van der Waals surface area contributed by atoms with Gasteiger partial charge in [0.15, 0.2) is 5.65 Å². The van der Waals surface area contributed by atoms with Crippen LogP contribution in [0.5, 0.6) is 0 Å². The molecule has 3 aromatic heterocycles. The molecule has 1 fully saturated rings. The number of benzene rings is 2. The van der Waals surface area contributed by atoms with Gasteiger partial charge in [0.25, 0.3) is 0 Å². The molecule has 0 unspecified atom stereocenters. The molecular weight excluding hydrogens is 540 g/mol. The maximum absolute atomic E-state index is 13.1. The molecule has 1 atom stereocenters. The van der Waals surface area contributed by atoms with Gasteiger partial charge < -0.3 is 10.6 Å². The van der Waals surface area contributed by atoms with Crippen LogP contribution in [0.25, 0.3) is 33.2 Å². The number of para-hydroxylation sites is 1. The number of nitrogens with zero attached hydrogens (tertiary/aromatic N) is 6. The van der Waals surface area contributed by atoms with Crippen LogP contribution in [0.15, 0.2) is 84.7 Å². The van der Waals surface area contributed by atoms with Gasteiger partial charge >= 0.3 is 0 Å². The molecule has 0 saturated carbocycles. The molecule has 0 aliphatic carbocycles. The molecule has 1 aliphatic rings. The lowest BCUT2D eigenvalue weighted by atomic mass is 10.1. The zero-order valence-electron chi connectivity index (χ0n) is 22.1. The Morgan fingerprint density at radius 1 is 1.10 bits per heavy atom. The summed E-state index contributed by atoms with van der Waals surface area (Å²) in [6.07, 6.45) is 5.99. The van der Waals surface area contributed by atoms with E-state index in [9.17, 15) is 13.2 Å². The lowest BCUT2D eigenvalue weighted by Crippen LogP contribution is -2.40. The third-order valence-electron chi connectivity index (χ3n) is 7.33. The third kappa shape index (κ3) is 5.03. The van der Waals surface area contributed by atoms with Crippen LogP contribution >= 0.6 is 0 Å². The second-order valence-corrected chi connectivity index (χ2v) is 11.6. The predicted octanol–water partition coefficient (Wildman–Crippen LogP) is 3.45. The quantitative estimate of drug-likeness (QED) is 0.284. The highest BCUT2D eigenvalue weighted by atomic mass is 32.2. The SMILES string of the molecule is C=CC(=O)N1CCC[C@@H](n2nc(-c3ccc(CNS(=O)(=O)c4cccc5cccnc45)cc3)c3c(N)ncnc32)C1. The number of nitrogen functional groups attached to an aromatic ring is 1. The number of anilines is 1. The number of pyridine rings is 1. The second kappa shape index (κ2) is 10.7. The molecule has 1 amide bonds. The van der Waals surface area contributed by atoms with Gasteiger partial charge in [0.1, 0.15) is 22.7 Å². The zero-order valence-corrected chi connectivity index (χ0v) is 23.0. The molecule has 1 saturated heterocycles. The molecule has 0 spiro atoms. The van der Waals surface area contributed by atoms with Gasteiger partial charge in [0.2, 0.25) is 15.9 Å². The molecule has 41 heavy (non-hydrogen) atoms. The van der Waals surface area contributed by atoms with E-state index < -0.39 is 10.0 Å². The number of hydrogen-bond donors (Lipinski definition) is 2. The van der Waals surface area contributed by atoms with Crippen LogP contribution in [0.2, 0.25) is 0 Å². The summed E-state index contributed by atoms with van der Waals surface area (Å²) in [6, 6.07) is 16.0. The topological polar surface area (TPSA) is 149 Å². The average molecular weight is 569 g/mol. The normalized spacial score (nSPS) is 15.8. The Morgan fingerprint density at radius 3 is 2.71 bits per heavy atom. The van der Waals surface area contributed by atoms with Crippen LogP contribution in [0.1, 0.15) is 24.4 Å². The first kappa shape index (κ1) is 26.5. The van der Waals surface area contributed by atoms with E-state index in [1.165, 1.54) is 12.4 Å². The Balaban J connectivity index is 1.26. The smallest absolute Gasteiger partial charge is 0.246 e. The highest BCUT2D eigenvalue weighted by molar-refractivity contribution is 7.89. The highest BCUT2D eigenvalue weighted by Crippen LogP contribution is 2.34. The highest BCUT2D eigenvalue weighted by Gasteiger charge is 2.28. The lowest BCUT2D eigenvalue weighted by Gasteiger charge is -2.32. The van der Waals surface area contributed by atoms with E-state index in [1.807, 2.05) is 41.1 Å². The molecule has 0 radical (unpaired) electrons. The van der Waals surface area contributed by atoms with Crippen molar-refractivity contribution < 1.29 is 13.2 Å². The fourth-order valence-corrected chi connectivity index (χ4v) is 6.46. The number of amides is 1. The first-order chi connectivity index (χ1) is 19.9. The van der Waals surface area contributed by atoms with Gasteiger partial charge in [-0.1, -0.05) is 49.0 Å². The fourth-order valence-electron chi connectivity index (χ4n) is 5.27. The van der Waals surface area contributed by atoms with Crippen molar-refractivity contribution in [1.29, 1.82) is 0 Å². The van der Waals surface area contributed by atoms with Crippen LogP contribution in [-0.4, -0.2) is 57.0 Å². The molecule has 12 heteroatoms. The average Bonchev–Trinajstić information content (AvgIpc) is 3.41. The number of nitrogens with one attached hydrogen (secondary N) is 1. The Morgan fingerprint density at radius 2 is 1.90 bits per heavy atom. The van der Waals surface area contributed by atoms with E-state index in [-0.39, 0.29) is 23.4 Å². The first-order valence-electron chi connectivity index (χ1n) is 13.2. The number of hydrogen-bond acceptors (Lipinski definition) is 8. The van der Waals surface area contributed by atoms with Gasteiger partial charge in [-0.3, -0.25) is 9.78 Å². The molecule has 2 aromatic carbocycles. The molecule has 11 nitrogen and oxygen atoms in total. The molecule has 208 valence electrons. The first-order valence-corrected chi connectivity index (χ1v) is 14.7. The van der Waals surface area contributed by atoms with Crippen molar-refractivity contribution in [3.05, 3.63) is 85.3 Å². The zero-order chi connectivity index (χ0) is 28.6. The van der Waals surface area contributed by atoms with E-state index in [0.717, 1.165) is 29.4 Å². The number of piperidine rings is 1. The van der Waals surface area contributed by atoms with Crippen molar-refractivity contribution in [3.63, 3.8) is 0 Å². The summed E-state index contributed by atoms with van der Waals surface area (Å²) in [5.74, 6) is 0.204. The van der Waals surface area contributed by atoms with Crippen molar-refractivity contribution in [1.82, 2.24) is 34.4 Å². The standard InChI is InChI=1S/C29H28N8O3S/c1-2-24(38)36-15-5-8-22(17-36)37-29-25(28(30)32-18-33-29)27(35-37)21-12-10-19(11-13-21)16-34-41(39,40)23-9-3-6-20-7-4-14-31-26(20)23/h2-4,6-7,9-14,18,22,34H,1,5,8,15-17H2,(H2,30,32,33)/t22-/m1/s1. The van der Waals surface area contributed by atoms with Gasteiger partial charge in [0.05, 0.1) is 16.9 Å². The van der Waals surface area contributed by atoms with Crippen molar-refractivity contribution in [2.75, 3.05) is 18.8 Å². The molecule has 1 aliphatic heterocycles. The predicted molar refractivity (Wildman–Crippen MR) is 156 cm³/mol. The number of aromatic nitrogens is 5. The molecule has 3 N–H and O–H groups in total. The van der Waals surface area contributed by atoms with Crippen molar-refractivity contribution >= 4 is 43.7 Å². The summed E-state index contributed by atoms with van der Waals surface area (Å²) < 4.78 is 30.7. The Hall–Kier alpha value is -4.68. The minimum absolute atomic E-state index is 0.0737. The Bertz CT molecular complexity index is 1880. The van der Waals surface area contributed by atoms with Crippen LogP contribution in [-0.2, 0) is 21.4 Å². The number of rotatable bonds is 7. The maximum Gasteiger partial charge on any atom is 0.246 e. The van der Waals surface area contributed by atoms with Gasteiger partial charge in [-0.05, 0) is 36.6 Å². The largest absolute Gasteiger partial charge is 0.383 e.